The highest BCUT2D eigenvalue weighted by Gasteiger charge is 2.31. The topological polar surface area (TPSA) is 464 Å². The van der Waals surface area contributed by atoms with E-state index in [2.05, 4.69) is 41.5 Å². The van der Waals surface area contributed by atoms with E-state index in [1.54, 1.807) is 30.3 Å². The molecule has 147 heavy (non-hydrogen) atoms. The number of pyridine rings is 3. The lowest BCUT2D eigenvalue weighted by atomic mass is 10.0. The minimum absolute atomic E-state index is 0.00908. The number of carbonyl (C=O) groups is 10. The zero-order valence-corrected chi connectivity index (χ0v) is 79.4. The SMILES string of the molecule is NCCCCC(NC(=O)c1ccc(F)nc1)C(=O)COc1c(F)cccc1F.NCCCCC(NC(=O)c1cccc(F)n1)C(=O)COc1c(F)cccc1F.NCCCCC(NC(=O)c1cccc(OCCCF)c1)C(=O)COc1c(F)cccc1F.NCCCCC(NC(=O)c1cccc(OCCF)c1)C(=O)COc1c(F)cccc1F.NCCCCC(NC(=O)c1ccnc(F)c1)C(=O)COc1c(F)cccc1F. The van der Waals surface area contributed by atoms with Gasteiger partial charge in [0.15, 0.2) is 116 Å². The first-order valence-electron chi connectivity index (χ1n) is 46.1. The van der Waals surface area contributed by atoms with Crippen molar-refractivity contribution in [1.82, 2.24) is 41.5 Å². The molecular weight excluding hydrogens is 1960 g/mol. The van der Waals surface area contributed by atoms with Gasteiger partial charge in [0.25, 0.3) is 29.5 Å². The zero-order chi connectivity index (χ0) is 108. The van der Waals surface area contributed by atoms with Crippen molar-refractivity contribution in [2.75, 3.05) is 92.3 Å². The molecule has 0 saturated carbocycles. The molecule has 0 aliphatic carbocycles. The maximum Gasteiger partial charge on any atom is 0.270 e. The summed E-state index contributed by atoms with van der Waals surface area (Å²) >= 11 is 0. The average molecular weight is 2080 g/mol. The molecule has 0 fully saturated rings. The smallest absolute Gasteiger partial charge is 0.270 e. The summed E-state index contributed by atoms with van der Waals surface area (Å²) < 4.78 is 236. The monoisotopic (exact) mass is 2080 g/mol. The van der Waals surface area contributed by atoms with Gasteiger partial charge >= 0.3 is 0 Å². The van der Waals surface area contributed by atoms with E-state index < -0.39 is 240 Å². The number of ether oxygens (including phenoxy) is 7. The summed E-state index contributed by atoms with van der Waals surface area (Å²) in [7, 11) is 0. The quantitative estimate of drug-likeness (QED) is 0.00961. The fourth-order valence-electron chi connectivity index (χ4n) is 13.0. The normalized spacial score (nSPS) is 11.7. The third-order valence-corrected chi connectivity index (χ3v) is 20.6. The summed E-state index contributed by atoms with van der Waals surface area (Å²) in [5.74, 6) is -20.3. The van der Waals surface area contributed by atoms with Crippen LogP contribution in [0.1, 0.15) is 155 Å². The molecule has 3 heterocycles. The number of halogens is 15. The number of alkyl halides is 2. The number of Topliss-reactive ketones (excluding diaryl/α,β-unsaturated/α-hetero) is 5. The van der Waals surface area contributed by atoms with E-state index in [1.165, 1.54) is 72.8 Å². The highest BCUT2D eigenvalue weighted by atomic mass is 19.2. The molecule has 3 aromatic heterocycles. The lowest BCUT2D eigenvalue weighted by Crippen LogP contribution is -2.43. The van der Waals surface area contributed by atoms with Gasteiger partial charge < -0.3 is 88.4 Å². The summed E-state index contributed by atoms with van der Waals surface area (Å²) in [6.45, 7) is -2.26. The average Bonchev–Trinajstić information content (AvgIpc) is 0.859. The molecule has 5 amide bonds. The summed E-state index contributed by atoms with van der Waals surface area (Å²) in [5.41, 5.74) is 27.6. The number of nitrogens with zero attached hydrogens (tertiary/aromatic N) is 3. The number of aromatic nitrogens is 3. The number of hydrogen-bond donors (Lipinski definition) is 10. The molecule has 7 aromatic carbocycles. The van der Waals surface area contributed by atoms with Crippen molar-refractivity contribution in [3.8, 4) is 40.2 Å². The second-order valence-corrected chi connectivity index (χ2v) is 31.6. The van der Waals surface area contributed by atoms with Gasteiger partial charge in [-0.2, -0.15) is 13.2 Å². The van der Waals surface area contributed by atoms with Gasteiger partial charge in [0, 0.05) is 41.6 Å². The number of nitrogens with one attached hydrogen (secondary N) is 5. The molecule has 0 radical (unpaired) electrons. The number of amides is 5. The minimum atomic E-state index is -1.00. The van der Waals surface area contributed by atoms with Crippen molar-refractivity contribution in [3.05, 3.63) is 298 Å². The highest BCUT2D eigenvalue weighted by molar-refractivity contribution is 6.01. The van der Waals surface area contributed by atoms with E-state index in [4.69, 9.17) is 61.8 Å². The van der Waals surface area contributed by atoms with Gasteiger partial charge in [-0.25, -0.2) is 63.2 Å². The van der Waals surface area contributed by atoms with Crippen LogP contribution in [0.2, 0.25) is 0 Å². The Morgan fingerprint density at radius 1 is 0.265 bits per heavy atom. The Bertz CT molecular complexity index is 5640. The number of ketones is 5. The third kappa shape index (κ3) is 43.5. The van der Waals surface area contributed by atoms with Gasteiger partial charge in [-0.15, -0.1) is 0 Å². The van der Waals surface area contributed by atoms with E-state index in [0.717, 1.165) is 91.3 Å². The predicted molar refractivity (Wildman–Crippen MR) is 508 cm³/mol. The molecule has 792 valence electrons. The largest absolute Gasteiger partial charge is 0.493 e. The van der Waals surface area contributed by atoms with Crippen molar-refractivity contribution >= 4 is 58.5 Å². The lowest BCUT2D eigenvalue weighted by molar-refractivity contribution is -0.123. The maximum atomic E-state index is 13.7. The van der Waals surface area contributed by atoms with Gasteiger partial charge in [-0.1, -0.05) is 48.5 Å². The van der Waals surface area contributed by atoms with Crippen LogP contribution in [0.5, 0.6) is 40.2 Å². The number of nitrogens with two attached hydrogens (primary N) is 5. The van der Waals surface area contributed by atoms with Crippen molar-refractivity contribution < 1.29 is 147 Å². The highest BCUT2D eigenvalue weighted by Crippen LogP contribution is 2.28. The third-order valence-electron chi connectivity index (χ3n) is 20.6. The molecule has 10 rings (SSSR count). The summed E-state index contributed by atoms with van der Waals surface area (Å²) in [4.78, 5) is 135. The van der Waals surface area contributed by atoms with E-state index in [9.17, 15) is 114 Å². The first-order valence-corrected chi connectivity index (χ1v) is 46.1. The minimum Gasteiger partial charge on any atom is -0.493 e. The van der Waals surface area contributed by atoms with E-state index in [0.29, 0.717) is 108 Å². The molecule has 0 aliphatic heterocycles. The molecule has 10 aromatic rings. The molecule has 0 spiro atoms. The van der Waals surface area contributed by atoms with E-state index >= 15 is 0 Å². The molecule has 0 saturated heterocycles. The van der Waals surface area contributed by atoms with Crippen LogP contribution in [0.15, 0.2) is 194 Å². The van der Waals surface area contributed by atoms with Crippen LogP contribution in [-0.2, 0) is 24.0 Å². The van der Waals surface area contributed by atoms with Crippen LogP contribution in [-0.4, -0.2) is 196 Å². The van der Waals surface area contributed by atoms with Gasteiger partial charge in [0.1, 0.15) is 63.5 Å². The molecule has 5 unspecified atom stereocenters. The second-order valence-electron chi connectivity index (χ2n) is 31.6. The molecule has 5 atom stereocenters. The summed E-state index contributed by atoms with van der Waals surface area (Å²) in [6.07, 6.45) is 9.57. The van der Waals surface area contributed by atoms with Crippen LogP contribution in [0.4, 0.5) is 65.9 Å². The predicted octanol–water partition coefficient (Wildman–Crippen LogP) is 13.9. The van der Waals surface area contributed by atoms with Crippen LogP contribution in [0.3, 0.4) is 0 Å². The Morgan fingerprint density at radius 2 is 0.551 bits per heavy atom. The zero-order valence-electron chi connectivity index (χ0n) is 79.4. The van der Waals surface area contributed by atoms with Crippen molar-refractivity contribution in [1.29, 1.82) is 0 Å². The number of benzene rings is 7. The van der Waals surface area contributed by atoms with Gasteiger partial charge in [-0.05, 0) is 256 Å². The Morgan fingerprint density at radius 3 is 0.830 bits per heavy atom. The Hall–Kier alpha value is -15.0. The van der Waals surface area contributed by atoms with Crippen LogP contribution in [0.25, 0.3) is 0 Å². The van der Waals surface area contributed by atoms with Crippen molar-refractivity contribution in [2.45, 2.75) is 133 Å². The molecule has 45 heteroatoms. The van der Waals surface area contributed by atoms with Crippen LogP contribution < -0.4 is 88.4 Å². The standard InChI is InChI=1S/C23H27F3N2O4.C22H25F3N2O4.3C19H20F3N3O3/c24-11-5-13-31-17-7-3-6-16(14-17)23(30)28-20(10-1-2-12-27)21(29)15-32-22-18(25)8-4-9-19(22)26;23-10-12-30-16-6-3-5-15(13-16)22(29)27-19(9-1-2-11-26)20(28)14-31-21-17(24)7-4-8-18(21)25;20-12-5-3-6-13(21)18(12)28-11-16(26)14(7-1-2-10-23)25-19(27)15-8-4-9-17(22)24-15;20-13-4-3-5-14(21)18(13)28-11-16(26)15(6-1-2-9-23)25-19(27)12-7-8-17(22)24-10-12;20-13-4-3-5-14(21)18(13)28-11-16(26)15(6-1-2-8-23)25-19(27)12-7-9-24-17(22)10-12/h3-4,6-9,14,20H,1-2,5,10-13,15,27H2,(H,28,30);3-8,13,19H,1-2,9-12,14,26H2,(H,27,29);3-6,8-9,14H,1-2,7,10-11,23H2,(H,25,27);3-5,7-8,10,15H,1-2,6,9,11,23H2,(H,25,27);3-5,7,9-10,15H,1-2,6,8,11,23H2,(H,25,27). The van der Waals surface area contributed by atoms with E-state index in [1.807, 2.05) is 0 Å². The number of carbonyl (C=O) groups excluding carboxylic acids is 10. The van der Waals surface area contributed by atoms with Crippen molar-refractivity contribution in [3.63, 3.8) is 0 Å². The van der Waals surface area contributed by atoms with Crippen LogP contribution >= 0.6 is 0 Å². The Labute approximate surface area is 835 Å². The number of para-hydroxylation sites is 5. The number of hydrogen-bond acceptors (Lipinski definition) is 25. The lowest BCUT2D eigenvalue weighted by Gasteiger charge is -2.18. The molecular formula is C102H112F15N13O17. The van der Waals surface area contributed by atoms with Crippen molar-refractivity contribution in [2.24, 2.45) is 28.7 Å². The fraction of sp³-hybridized carbons (Fsp3) is 0.343. The maximum absolute atomic E-state index is 13.7. The van der Waals surface area contributed by atoms with E-state index in [-0.39, 0.29) is 79.7 Å². The van der Waals surface area contributed by atoms with Gasteiger partial charge in [0.05, 0.1) is 49.1 Å². The van der Waals surface area contributed by atoms with Crippen LogP contribution in [0, 0.1) is 76.0 Å². The first-order chi connectivity index (χ1) is 70.7. The molecule has 30 nitrogen and oxygen atoms in total. The Kier molecular flexibility index (Phi) is 54.9. The molecule has 0 bridgehead atoms. The number of unbranched alkanes of at least 4 members (excludes halogenated alkanes) is 5. The van der Waals surface area contributed by atoms with Gasteiger partial charge in [-0.3, -0.25) is 52.3 Å². The Balaban J connectivity index is 0.000000281. The number of rotatable bonds is 57. The fourth-order valence-corrected chi connectivity index (χ4v) is 13.0. The summed E-state index contributed by atoms with van der Waals surface area (Å²) in [5, 5.41) is 12.7. The summed E-state index contributed by atoms with van der Waals surface area (Å²) in [6, 6.07) is 31.7. The molecule has 0 aliphatic rings. The second kappa shape index (κ2) is 66.9. The van der Waals surface area contributed by atoms with Gasteiger partial charge in [0.2, 0.25) is 17.8 Å². The molecule has 15 N–H and O–H groups in total. The first kappa shape index (κ1) is 121.